The Hall–Kier alpha value is -0.900. The topological polar surface area (TPSA) is 60.7 Å². The van der Waals surface area contributed by atoms with Crippen molar-refractivity contribution in [2.45, 2.75) is 110 Å². The van der Waals surface area contributed by atoms with E-state index in [1.165, 1.54) is 32.1 Å². The molecular formula is C28H46O3. The molecule has 0 saturated heterocycles. The van der Waals surface area contributed by atoms with Gasteiger partial charge in [0.1, 0.15) is 0 Å². The Morgan fingerprint density at radius 2 is 1.94 bits per heavy atom. The van der Waals surface area contributed by atoms with E-state index in [9.17, 15) is 15.3 Å². The third-order valence-electron chi connectivity index (χ3n) is 8.97. The lowest BCUT2D eigenvalue weighted by Gasteiger charge is -2.44. The van der Waals surface area contributed by atoms with Gasteiger partial charge in [-0.3, -0.25) is 0 Å². The minimum Gasteiger partial charge on any atom is -0.392 e. The first-order valence-corrected chi connectivity index (χ1v) is 12.6. The molecule has 0 aromatic carbocycles. The van der Waals surface area contributed by atoms with Crippen LogP contribution in [0.4, 0.5) is 0 Å². The molecular weight excluding hydrogens is 384 g/mol. The molecule has 0 aromatic heterocycles. The highest BCUT2D eigenvalue weighted by Crippen LogP contribution is 2.60. The maximum Gasteiger partial charge on any atom is 0.0837 e. The lowest BCUT2D eigenvalue weighted by Crippen LogP contribution is -2.36. The molecule has 3 N–H and O–H groups in total. The lowest BCUT2D eigenvalue weighted by atomic mass is 9.60. The number of aliphatic hydroxyl groups excluding tert-OH is 2. The highest BCUT2D eigenvalue weighted by atomic mass is 16.3. The van der Waals surface area contributed by atoms with E-state index in [0.29, 0.717) is 23.7 Å². The maximum atomic E-state index is 10.4. The van der Waals surface area contributed by atoms with E-state index in [-0.39, 0.29) is 5.92 Å². The highest BCUT2D eigenvalue weighted by molar-refractivity contribution is 5.39. The summed E-state index contributed by atoms with van der Waals surface area (Å²) in [5, 5.41) is 30.7. The van der Waals surface area contributed by atoms with Gasteiger partial charge in [-0.25, -0.2) is 0 Å². The van der Waals surface area contributed by atoms with Crippen molar-refractivity contribution >= 4 is 0 Å². The fraction of sp³-hybridized carbons (Fsp3) is 0.786. The monoisotopic (exact) mass is 430 g/mol. The number of rotatable bonds is 6. The molecule has 3 heteroatoms. The van der Waals surface area contributed by atoms with Crippen molar-refractivity contribution < 1.29 is 15.3 Å². The summed E-state index contributed by atoms with van der Waals surface area (Å²) in [7, 11) is 0. The van der Waals surface area contributed by atoms with Gasteiger partial charge in [-0.2, -0.15) is 0 Å². The first-order valence-electron chi connectivity index (χ1n) is 12.6. The second-order valence-electron chi connectivity index (χ2n) is 11.8. The Morgan fingerprint density at radius 1 is 1.23 bits per heavy atom. The van der Waals surface area contributed by atoms with E-state index in [4.69, 9.17) is 0 Å². The molecule has 0 bridgehead atoms. The molecule has 1 unspecified atom stereocenters. The van der Waals surface area contributed by atoms with Gasteiger partial charge in [-0.05, 0) is 93.1 Å². The molecule has 0 radical (unpaired) electrons. The predicted octanol–water partition coefficient (Wildman–Crippen LogP) is 5.95. The molecule has 7 atom stereocenters. The van der Waals surface area contributed by atoms with Gasteiger partial charge >= 0.3 is 0 Å². The van der Waals surface area contributed by atoms with Crippen molar-refractivity contribution in [3.05, 3.63) is 35.5 Å². The number of aliphatic hydroxyl groups is 3. The Bertz CT molecular complexity index is 712. The molecule has 0 heterocycles. The summed E-state index contributed by atoms with van der Waals surface area (Å²) in [6, 6.07) is 0. The number of allylic oxidation sites excluding steroid dienone is 3. The quantitative estimate of drug-likeness (QED) is 0.488. The standard InChI is InChI=1S/C28H46O3/c1-18(9-7-15-27(4,5)31)23-13-14-24-21(10-8-16-28(23,24)6)11-12-22-17-25(29)20(3)26(30)19(22)2/h11-12,18,20,23-26,29-31H,2,7-10,13-17H2,1,3-6H3/b21-11?,22-12-/t18-,20+,23-,24?,25-,26+,28-/m1/s1. The first-order chi connectivity index (χ1) is 14.4. The van der Waals surface area contributed by atoms with Crippen molar-refractivity contribution in [3.63, 3.8) is 0 Å². The first kappa shape index (κ1) is 24.7. The van der Waals surface area contributed by atoms with E-state index in [2.05, 4.69) is 32.6 Å². The third-order valence-corrected chi connectivity index (χ3v) is 8.97. The maximum absolute atomic E-state index is 10.4. The average molecular weight is 431 g/mol. The Kier molecular flexibility index (Phi) is 7.61. The smallest absolute Gasteiger partial charge is 0.0837 e. The van der Waals surface area contributed by atoms with Gasteiger partial charge in [0.25, 0.3) is 0 Å². The van der Waals surface area contributed by atoms with Gasteiger partial charge in [-0.1, -0.05) is 57.9 Å². The van der Waals surface area contributed by atoms with Crippen LogP contribution in [-0.2, 0) is 0 Å². The zero-order chi connectivity index (χ0) is 23.0. The second-order valence-corrected chi connectivity index (χ2v) is 11.8. The third kappa shape index (κ3) is 5.37. The van der Waals surface area contributed by atoms with E-state index in [1.807, 2.05) is 20.8 Å². The molecule has 0 amide bonds. The van der Waals surface area contributed by atoms with Crippen LogP contribution in [0.3, 0.4) is 0 Å². The highest BCUT2D eigenvalue weighted by Gasteiger charge is 2.50. The van der Waals surface area contributed by atoms with Gasteiger partial charge in [0, 0.05) is 5.92 Å². The summed E-state index contributed by atoms with van der Waals surface area (Å²) >= 11 is 0. The molecule has 0 spiro atoms. The minimum atomic E-state index is -0.648. The molecule has 3 saturated carbocycles. The minimum absolute atomic E-state index is 0.149. The summed E-state index contributed by atoms with van der Waals surface area (Å²) in [5.74, 6) is 1.94. The fourth-order valence-corrected chi connectivity index (χ4v) is 6.91. The number of hydrogen-bond donors (Lipinski definition) is 3. The van der Waals surface area contributed by atoms with Crippen LogP contribution in [0.2, 0.25) is 0 Å². The summed E-state index contributed by atoms with van der Waals surface area (Å²) in [5.41, 5.74) is 3.15. The van der Waals surface area contributed by atoms with Gasteiger partial charge < -0.3 is 15.3 Å². The molecule has 3 nitrogen and oxygen atoms in total. The summed E-state index contributed by atoms with van der Waals surface area (Å²) in [4.78, 5) is 0. The van der Waals surface area contributed by atoms with Crippen LogP contribution in [0.5, 0.6) is 0 Å². The number of hydrogen-bond acceptors (Lipinski definition) is 3. The Labute approximate surface area is 190 Å². The fourth-order valence-electron chi connectivity index (χ4n) is 6.91. The van der Waals surface area contributed by atoms with Gasteiger partial charge in [0.15, 0.2) is 0 Å². The summed E-state index contributed by atoms with van der Waals surface area (Å²) in [6.45, 7) is 14.8. The molecule has 3 aliphatic rings. The van der Waals surface area contributed by atoms with Crippen molar-refractivity contribution in [2.24, 2.45) is 29.1 Å². The van der Waals surface area contributed by atoms with Crippen LogP contribution < -0.4 is 0 Å². The zero-order valence-electron chi connectivity index (χ0n) is 20.5. The zero-order valence-corrected chi connectivity index (χ0v) is 20.5. The van der Waals surface area contributed by atoms with Crippen LogP contribution in [0.15, 0.2) is 35.5 Å². The van der Waals surface area contributed by atoms with Crippen LogP contribution in [0.1, 0.15) is 92.4 Å². The normalized spacial score (nSPS) is 40.4. The van der Waals surface area contributed by atoms with E-state index in [0.717, 1.165) is 36.3 Å². The average Bonchev–Trinajstić information content (AvgIpc) is 3.04. The summed E-state index contributed by atoms with van der Waals surface area (Å²) in [6.07, 6.45) is 13.4. The van der Waals surface area contributed by atoms with E-state index < -0.39 is 17.8 Å². The SMILES string of the molecule is C=C1/C(=C\C=C2CCC[C@@]3(C)C2CC[C@@H]3[C@H](C)CCCC(C)(C)O)C[C@@H](O)[C@H](C)[C@H]1O. The van der Waals surface area contributed by atoms with Crippen molar-refractivity contribution in [1.82, 2.24) is 0 Å². The van der Waals surface area contributed by atoms with Crippen LogP contribution in [0.25, 0.3) is 0 Å². The molecule has 176 valence electrons. The Balaban J connectivity index is 1.71. The molecule has 3 rings (SSSR count). The van der Waals surface area contributed by atoms with Crippen molar-refractivity contribution in [3.8, 4) is 0 Å². The van der Waals surface area contributed by atoms with Crippen LogP contribution in [-0.4, -0.2) is 33.1 Å². The van der Waals surface area contributed by atoms with Gasteiger partial charge in [-0.15, -0.1) is 0 Å². The summed E-state index contributed by atoms with van der Waals surface area (Å²) < 4.78 is 0. The molecule has 31 heavy (non-hydrogen) atoms. The number of fused-ring (bicyclic) bond motifs is 1. The van der Waals surface area contributed by atoms with E-state index in [1.54, 1.807) is 5.57 Å². The Morgan fingerprint density at radius 3 is 2.61 bits per heavy atom. The van der Waals surface area contributed by atoms with E-state index >= 15 is 0 Å². The molecule has 0 aliphatic heterocycles. The van der Waals surface area contributed by atoms with Crippen LogP contribution >= 0.6 is 0 Å². The van der Waals surface area contributed by atoms with Gasteiger partial charge in [0.2, 0.25) is 0 Å². The van der Waals surface area contributed by atoms with Gasteiger partial charge in [0.05, 0.1) is 17.8 Å². The predicted molar refractivity (Wildman–Crippen MR) is 129 cm³/mol. The van der Waals surface area contributed by atoms with Crippen molar-refractivity contribution in [1.29, 1.82) is 0 Å². The lowest BCUT2D eigenvalue weighted by molar-refractivity contribution is 0.0283. The second kappa shape index (κ2) is 9.53. The molecule has 0 aromatic rings. The van der Waals surface area contributed by atoms with Crippen molar-refractivity contribution in [2.75, 3.05) is 0 Å². The largest absolute Gasteiger partial charge is 0.392 e. The molecule has 3 aliphatic carbocycles. The van der Waals surface area contributed by atoms with Crippen LogP contribution in [0, 0.1) is 29.1 Å². The molecule has 3 fully saturated rings.